The van der Waals surface area contributed by atoms with Crippen molar-refractivity contribution in [1.82, 2.24) is 0 Å². The maximum absolute atomic E-state index is 13.3. The quantitative estimate of drug-likeness (QED) is 0.113. The Hall–Kier alpha value is -4.29. The zero-order chi connectivity index (χ0) is 26.4. The maximum Gasteiger partial charge on any atom is 0.332 e. The van der Waals surface area contributed by atoms with Crippen LogP contribution in [0.2, 0.25) is 0 Å². The van der Waals surface area contributed by atoms with Gasteiger partial charge in [-0.2, -0.15) is 0 Å². The van der Waals surface area contributed by atoms with Gasteiger partial charge in [0.25, 0.3) is 0 Å². The third kappa shape index (κ3) is 6.48. The molecular formula is C31H25NO4S. The maximum atomic E-state index is 13.3. The lowest BCUT2D eigenvalue weighted by Crippen LogP contribution is -2.18. The number of hydrogen-bond donors (Lipinski definition) is 0. The highest BCUT2D eigenvalue weighted by Crippen LogP contribution is 2.29. The third-order valence-corrected chi connectivity index (χ3v) is 6.65. The Labute approximate surface area is 220 Å². The minimum atomic E-state index is -0.598. The molecule has 0 aliphatic carbocycles. The van der Waals surface area contributed by atoms with Crippen molar-refractivity contribution in [1.29, 1.82) is 0 Å². The number of Topliss-reactive ketones (excluding diaryl/α,β-unsaturated/α-hetero) is 1. The van der Waals surface area contributed by atoms with Crippen molar-refractivity contribution in [3.63, 3.8) is 0 Å². The molecule has 0 fully saturated rings. The third-order valence-electron chi connectivity index (χ3n) is 5.63. The Morgan fingerprint density at radius 3 is 1.86 bits per heavy atom. The first-order valence-electron chi connectivity index (χ1n) is 11.7. The zero-order valence-electron chi connectivity index (χ0n) is 20.7. The second kappa shape index (κ2) is 11.6. The van der Waals surface area contributed by atoms with Gasteiger partial charge in [0.05, 0.1) is 0 Å². The molecule has 4 aromatic carbocycles. The van der Waals surface area contributed by atoms with Gasteiger partial charge in [-0.3, -0.25) is 9.59 Å². The number of hydrogen-bond acceptors (Lipinski definition) is 6. The van der Waals surface area contributed by atoms with Gasteiger partial charge in [-0.05, 0) is 74.0 Å². The standard InChI is InChI=1S/C31H25NO4S/c1-20-9-10-21(2)28(19-20)29(32-36-22(3)33)31(35)25-13-17-27(18-14-25)37-26-15-11-24(12-16-26)30(34)23-7-5-4-6-8-23/h4-19H,1-3H3/b32-29+. The highest BCUT2D eigenvalue weighted by atomic mass is 32.2. The molecule has 37 heavy (non-hydrogen) atoms. The number of aryl methyl sites for hydroxylation is 2. The Bertz CT molecular complexity index is 1470. The fourth-order valence-corrected chi connectivity index (χ4v) is 4.51. The topological polar surface area (TPSA) is 72.8 Å². The summed E-state index contributed by atoms with van der Waals surface area (Å²) in [5.74, 6) is -0.954. The van der Waals surface area contributed by atoms with E-state index in [1.165, 1.54) is 18.7 Å². The van der Waals surface area contributed by atoms with Crippen LogP contribution in [0.5, 0.6) is 0 Å². The van der Waals surface area contributed by atoms with Crippen molar-refractivity contribution >= 4 is 35.0 Å². The summed E-state index contributed by atoms with van der Waals surface area (Å²) >= 11 is 1.53. The molecule has 0 heterocycles. The van der Waals surface area contributed by atoms with Crippen LogP contribution < -0.4 is 0 Å². The Kier molecular flexibility index (Phi) is 8.11. The molecular weight excluding hydrogens is 482 g/mol. The van der Waals surface area contributed by atoms with Gasteiger partial charge in [0.1, 0.15) is 0 Å². The number of benzene rings is 4. The number of ketones is 2. The van der Waals surface area contributed by atoms with Crippen LogP contribution in [-0.4, -0.2) is 23.2 Å². The van der Waals surface area contributed by atoms with Crippen LogP contribution >= 0.6 is 11.8 Å². The molecule has 184 valence electrons. The molecule has 0 aliphatic heterocycles. The SMILES string of the molecule is CC(=O)O/N=C(/C(=O)c1ccc(Sc2ccc(C(=O)c3ccccc3)cc2)cc1)c1cc(C)ccc1C. The molecule has 5 nitrogen and oxygen atoms in total. The summed E-state index contributed by atoms with van der Waals surface area (Å²) in [6.07, 6.45) is 0. The van der Waals surface area contributed by atoms with Crippen molar-refractivity contribution in [2.45, 2.75) is 30.6 Å². The van der Waals surface area contributed by atoms with Gasteiger partial charge in [0, 0.05) is 39.0 Å². The molecule has 0 atom stereocenters. The van der Waals surface area contributed by atoms with E-state index in [2.05, 4.69) is 5.16 Å². The normalized spacial score (nSPS) is 11.2. The number of nitrogens with zero attached hydrogens (tertiary/aromatic N) is 1. The number of oxime groups is 1. The number of rotatable bonds is 8. The van der Waals surface area contributed by atoms with Gasteiger partial charge in [-0.25, -0.2) is 4.79 Å². The summed E-state index contributed by atoms with van der Waals surface area (Å²) in [6.45, 7) is 5.04. The van der Waals surface area contributed by atoms with E-state index in [9.17, 15) is 14.4 Å². The molecule has 4 rings (SSSR count). The summed E-state index contributed by atoms with van der Waals surface area (Å²) in [5.41, 5.74) is 4.23. The molecule has 0 aliphatic rings. The molecule has 0 saturated heterocycles. The van der Waals surface area contributed by atoms with E-state index in [4.69, 9.17) is 4.84 Å². The van der Waals surface area contributed by atoms with Crippen LogP contribution in [-0.2, 0) is 9.63 Å². The van der Waals surface area contributed by atoms with Crippen molar-refractivity contribution < 1.29 is 19.2 Å². The molecule has 0 radical (unpaired) electrons. The highest BCUT2D eigenvalue weighted by Gasteiger charge is 2.20. The van der Waals surface area contributed by atoms with Crippen molar-refractivity contribution in [2.75, 3.05) is 0 Å². The van der Waals surface area contributed by atoms with E-state index in [1.54, 1.807) is 24.3 Å². The fraction of sp³-hybridized carbons (Fsp3) is 0.0968. The summed E-state index contributed by atoms with van der Waals surface area (Å²) in [7, 11) is 0. The molecule has 0 unspecified atom stereocenters. The Morgan fingerprint density at radius 1 is 0.703 bits per heavy atom. The Morgan fingerprint density at radius 2 is 1.27 bits per heavy atom. The second-order valence-corrected chi connectivity index (χ2v) is 9.66. The lowest BCUT2D eigenvalue weighted by atomic mass is 9.96. The van der Waals surface area contributed by atoms with E-state index < -0.39 is 5.97 Å². The highest BCUT2D eigenvalue weighted by molar-refractivity contribution is 7.99. The lowest BCUT2D eigenvalue weighted by molar-refractivity contribution is -0.140. The van der Waals surface area contributed by atoms with Gasteiger partial charge in [-0.1, -0.05) is 64.9 Å². The summed E-state index contributed by atoms with van der Waals surface area (Å²) in [6, 6.07) is 29.5. The van der Waals surface area contributed by atoms with E-state index in [0.29, 0.717) is 22.3 Å². The van der Waals surface area contributed by atoms with Gasteiger partial charge in [0.15, 0.2) is 11.5 Å². The average molecular weight is 508 g/mol. The zero-order valence-corrected chi connectivity index (χ0v) is 21.5. The van der Waals surface area contributed by atoms with Crippen LogP contribution in [0, 0.1) is 13.8 Å². The monoisotopic (exact) mass is 507 g/mol. The van der Waals surface area contributed by atoms with Gasteiger partial charge >= 0.3 is 5.97 Å². The van der Waals surface area contributed by atoms with E-state index in [1.807, 2.05) is 86.6 Å². The second-order valence-electron chi connectivity index (χ2n) is 8.52. The minimum absolute atomic E-state index is 0.0184. The van der Waals surface area contributed by atoms with Crippen molar-refractivity contribution in [3.05, 3.63) is 130 Å². The van der Waals surface area contributed by atoms with Crippen LogP contribution in [0.1, 0.15) is 49.9 Å². The first-order chi connectivity index (χ1) is 17.8. The number of carbonyl (C=O) groups excluding carboxylic acids is 3. The first-order valence-corrected chi connectivity index (χ1v) is 12.5. The smallest absolute Gasteiger partial charge is 0.318 e. The van der Waals surface area contributed by atoms with Crippen LogP contribution in [0.3, 0.4) is 0 Å². The molecule has 0 amide bonds. The number of carbonyl (C=O) groups is 3. The first kappa shape index (κ1) is 25.8. The molecule has 0 aromatic heterocycles. The van der Waals surface area contributed by atoms with Crippen LogP contribution in [0.25, 0.3) is 0 Å². The van der Waals surface area contributed by atoms with E-state index in [0.717, 1.165) is 20.9 Å². The molecule has 6 heteroatoms. The van der Waals surface area contributed by atoms with Gasteiger partial charge < -0.3 is 4.84 Å². The molecule has 0 bridgehead atoms. The average Bonchev–Trinajstić information content (AvgIpc) is 2.91. The predicted octanol–water partition coefficient (Wildman–Crippen LogP) is 6.84. The van der Waals surface area contributed by atoms with Gasteiger partial charge in [0.2, 0.25) is 5.78 Å². The lowest BCUT2D eigenvalue weighted by Gasteiger charge is -2.10. The molecule has 0 N–H and O–H groups in total. The van der Waals surface area contributed by atoms with E-state index in [-0.39, 0.29) is 17.3 Å². The summed E-state index contributed by atoms with van der Waals surface area (Å²) in [5, 5.41) is 3.89. The largest absolute Gasteiger partial charge is 0.332 e. The summed E-state index contributed by atoms with van der Waals surface area (Å²) < 4.78 is 0. The summed E-state index contributed by atoms with van der Waals surface area (Å²) in [4.78, 5) is 44.1. The van der Waals surface area contributed by atoms with Gasteiger partial charge in [-0.15, -0.1) is 0 Å². The van der Waals surface area contributed by atoms with Crippen molar-refractivity contribution in [2.24, 2.45) is 5.16 Å². The van der Waals surface area contributed by atoms with Crippen LogP contribution in [0.4, 0.5) is 0 Å². The molecule has 4 aromatic rings. The Balaban J connectivity index is 1.51. The van der Waals surface area contributed by atoms with E-state index >= 15 is 0 Å². The predicted molar refractivity (Wildman–Crippen MR) is 145 cm³/mol. The fourth-order valence-electron chi connectivity index (χ4n) is 3.69. The molecule has 0 saturated carbocycles. The van der Waals surface area contributed by atoms with Crippen LogP contribution in [0.15, 0.2) is 112 Å². The van der Waals surface area contributed by atoms with Crippen molar-refractivity contribution in [3.8, 4) is 0 Å². The minimum Gasteiger partial charge on any atom is -0.318 e. The molecule has 0 spiro atoms.